The predicted octanol–water partition coefficient (Wildman–Crippen LogP) is 0.0593. The molecule has 0 radical (unpaired) electrons. The van der Waals surface area contributed by atoms with Gasteiger partial charge in [-0.3, -0.25) is 13.3 Å². The molecule has 0 fully saturated rings. The van der Waals surface area contributed by atoms with E-state index >= 15 is 0 Å². The Morgan fingerprint density at radius 1 is 0.760 bits per heavy atom. The van der Waals surface area contributed by atoms with Crippen LogP contribution in [-0.2, 0) is 25.0 Å². The number of hydrogen-bond donors (Lipinski definition) is 4. The minimum Gasteiger partial charge on any atom is -0.726 e. The van der Waals surface area contributed by atoms with Gasteiger partial charge in [0, 0.05) is 0 Å². The summed E-state index contributed by atoms with van der Waals surface area (Å²) in [5, 5.41) is 0. The molecule has 152 valence electrons. The van der Waals surface area contributed by atoms with E-state index in [0.717, 1.165) is 12.8 Å². The second-order valence-corrected chi connectivity index (χ2v) is 6.81. The van der Waals surface area contributed by atoms with Crippen molar-refractivity contribution in [2.75, 3.05) is 6.61 Å². The fourth-order valence-electron chi connectivity index (χ4n) is 1.75. The Kier molecular flexibility index (Phi) is 33.2. The summed E-state index contributed by atoms with van der Waals surface area (Å²) in [7, 11) is -9.15. The zero-order chi connectivity index (χ0) is 17.5. The molecular formula is C12H33N2NaO8S2. The molecule has 0 spiro atoms. The average molecular weight is 421 g/mol. The summed E-state index contributed by atoms with van der Waals surface area (Å²) < 4.78 is 66.0. The Hall–Kier alpha value is 0.660. The molecule has 0 saturated carbocycles. The molecule has 0 aliphatic heterocycles. The third kappa shape index (κ3) is 58.9. The normalized spacial score (nSPS) is 10.4. The van der Waals surface area contributed by atoms with Crippen LogP contribution in [0, 0.1) is 0 Å². The minimum absolute atomic E-state index is 0. The molecule has 8 N–H and O–H groups in total. The second-order valence-electron chi connectivity index (χ2n) is 4.86. The third-order valence-corrected chi connectivity index (χ3v) is 3.18. The molecule has 0 bridgehead atoms. The van der Waals surface area contributed by atoms with Gasteiger partial charge in [-0.1, -0.05) is 64.7 Å². The van der Waals surface area contributed by atoms with Gasteiger partial charge in [0.2, 0.25) is 10.4 Å². The first-order chi connectivity index (χ1) is 10.1. The van der Waals surface area contributed by atoms with Crippen LogP contribution < -0.4 is 41.9 Å². The maximum absolute atomic E-state index is 10.1. The van der Waals surface area contributed by atoms with E-state index in [1.165, 1.54) is 44.9 Å². The number of rotatable bonds is 12. The molecule has 0 amide bonds. The first kappa shape index (κ1) is 36.6. The Balaban J connectivity index is -0.000000147. The predicted molar refractivity (Wildman–Crippen MR) is 91.7 cm³/mol. The molecule has 13 heteroatoms. The maximum atomic E-state index is 10.1. The number of unbranched alkanes of at least 4 members (excludes halogenated alkanes) is 9. The summed E-state index contributed by atoms with van der Waals surface area (Å²) in [6, 6.07) is 0. The topological polar surface area (TPSA) is 211 Å². The summed E-state index contributed by atoms with van der Waals surface area (Å²) in [6.07, 6.45) is 11.7. The molecule has 0 aliphatic rings. The van der Waals surface area contributed by atoms with E-state index in [-0.39, 0.29) is 48.5 Å². The molecule has 0 aromatic rings. The fraction of sp³-hybridized carbons (Fsp3) is 1.00. The van der Waals surface area contributed by atoms with Gasteiger partial charge in [-0.2, -0.15) is 8.42 Å². The van der Waals surface area contributed by atoms with Gasteiger partial charge in [-0.05, 0) is 6.42 Å². The van der Waals surface area contributed by atoms with Crippen LogP contribution >= 0.6 is 0 Å². The van der Waals surface area contributed by atoms with Crippen LogP contribution in [0.2, 0.25) is 0 Å². The van der Waals surface area contributed by atoms with Gasteiger partial charge < -0.3 is 16.9 Å². The van der Waals surface area contributed by atoms with Crippen LogP contribution in [0.4, 0.5) is 0 Å². The van der Waals surface area contributed by atoms with Crippen LogP contribution in [0.1, 0.15) is 71.1 Å². The Morgan fingerprint density at radius 2 is 1.04 bits per heavy atom. The van der Waals surface area contributed by atoms with Crippen molar-refractivity contribution in [2.24, 2.45) is 0 Å². The van der Waals surface area contributed by atoms with E-state index in [0.29, 0.717) is 6.42 Å². The molecule has 10 nitrogen and oxygen atoms in total. The van der Waals surface area contributed by atoms with E-state index in [2.05, 4.69) is 11.1 Å². The van der Waals surface area contributed by atoms with Crippen LogP contribution in [0.15, 0.2) is 0 Å². The average Bonchev–Trinajstić information content (AvgIpc) is 2.32. The Labute approximate surface area is 174 Å². The molecule has 0 unspecified atom stereocenters. The van der Waals surface area contributed by atoms with E-state index < -0.39 is 20.8 Å². The quantitative estimate of drug-likeness (QED) is 0.144. The summed E-state index contributed by atoms with van der Waals surface area (Å²) in [6.45, 7) is 2.24. The smallest absolute Gasteiger partial charge is 0.726 e. The molecule has 0 saturated heterocycles. The van der Waals surface area contributed by atoms with Crippen molar-refractivity contribution in [1.29, 1.82) is 0 Å². The maximum Gasteiger partial charge on any atom is 1.00 e. The molecule has 0 heterocycles. The summed E-state index contributed by atoms with van der Waals surface area (Å²) in [5.74, 6) is 0. The first-order valence-electron chi connectivity index (χ1n) is 7.36. The van der Waals surface area contributed by atoms with Crippen LogP contribution in [0.3, 0.4) is 0 Å². The van der Waals surface area contributed by atoms with Crippen molar-refractivity contribution in [3.05, 3.63) is 0 Å². The fourth-order valence-corrected chi connectivity index (χ4v) is 2.07. The van der Waals surface area contributed by atoms with Crippen LogP contribution in [0.5, 0.6) is 0 Å². The van der Waals surface area contributed by atoms with Gasteiger partial charge in [-0.15, -0.1) is 0 Å². The molecular weight excluding hydrogens is 387 g/mol. The minimum atomic E-state index is -4.67. The van der Waals surface area contributed by atoms with Crippen LogP contribution in [0.25, 0.3) is 0 Å². The largest absolute Gasteiger partial charge is 1.00 e. The van der Waals surface area contributed by atoms with E-state index in [1.807, 2.05) is 0 Å². The van der Waals surface area contributed by atoms with E-state index in [9.17, 15) is 13.0 Å². The Bertz CT molecular complexity index is 438. The molecule has 0 aliphatic carbocycles. The summed E-state index contributed by atoms with van der Waals surface area (Å²) in [5.41, 5.74) is 0. The van der Waals surface area contributed by atoms with Crippen molar-refractivity contribution in [1.82, 2.24) is 12.3 Å². The van der Waals surface area contributed by atoms with Gasteiger partial charge >= 0.3 is 40.0 Å². The molecule has 0 atom stereocenters. The second kappa shape index (κ2) is 22.7. The van der Waals surface area contributed by atoms with Crippen molar-refractivity contribution in [3.8, 4) is 0 Å². The third-order valence-electron chi connectivity index (χ3n) is 2.73. The standard InChI is InChI=1S/C12H26O4S.2H3N.Na.H2O4S/c1-2-3-4-5-6-7-8-9-10-11-12-16-17(13,14)15;;;;1-5(2,3)4/h2-12H2,1H3,(H,13,14,15);2*1H3;;(H2,1,2,3,4)/q;;;+1;/p-1. The van der Waals surface area contributed by atoms with Crippen molar-refractivity contribution in [3.63, 3.8) is 0 Å². The van der Waals surface area contributed by atoms with Gasteiger partial charge in [0.05, 0.1) is 6.61 Å². The first-order valence-corrected chi connectivity index (χ1v) is 10.1. The molecule has 0 rings (SSSR count). The summed E-state index contributed by atoms with van der Waals surface area (Å²) in [4.78, 5) is 0. The molecule has 25 heavy (non-hydrogen) atoms. The van der Waals surface area contributed by atoms with E-state index in [4.69, 9.17) is 17.5 Å². The number of hydrogen-bond acceptors (Lipinski definition) is 8. The van der Waals surface area contributed by atoms with Gasteiger partial charge in [0.15, 0.2) is 0 Å². The van der Waals surface area contributed by atoms with Crippen LogP contribution in [-0.4, -0.2) is 37.1 Å². The monoisotopic (exact) mass is 420 g/mol. The zero-order valence-electron chi connectivity index (χ0n) is 15.4. The van der Waals surface area contributed by atoms with Gasteiger partial charge in [0.1, 0.15) is 0 Å². The molecule has 0 aromatic carbocycles. The Morgan fingerprint density at radius 3 is 1.32 bits per heavy atom. The zero-order valence-corrected chi connectivity index (χ0v) is 19.0. The van der Waals surface area contributed by atoms with Gasteiger partial charge in [-0.25, -0.2) is 8.42 Å². The summed E-state index contributed by atoms with van der Waals surface area (Å²) >= 11 is 0. The van der Waals surface area contributed by atoms with Gasteiger partial charge in [0.25, 0.3) is 0 Å². The van der Waals surface area contributed by atoms with E-state index in [1.54, 1.807) is 0 Å². The van der Waals surface area contributed by atoms with Crippen molar-refractivity contribution < 1.29 is 64.2 Å². The van der Waals surface area contributed by atoms with Crippen molar-refractivity contribution >= 4 is 20.8 Å². The SMILES string of the molecule is CCCCCCCCCCCCOS(=O)(=O)[O-].N.N.O=S(=O)(O)O.[Na+]. The molecule has 0 aromatic heterocycles. The van der Waals surface area contributed by atoms with Crippen molar-refractivity contribution in [2.45, 2.75) is 71.1 Å².